The van der Waals surface area contributed by atoms with Crippen LogP contribution in [-0.4, -0.2) is 61.6 Å². The summed E-state index contributed by atoms with van der Waals surface area (Å²) in [6.45, 7) is 6.17. The number of guanidine groups is 1. The van der Waals surface area contributed by atoms with E-state index >= 15 is 0 Å². The van der Waals surface area contributed by atoms with Gasteiger partial charge in [-0.2, -0.15) is 0 Å². The normalized spacial score (nSPS) is 30.1. The summed E-state index contributed by atoms with van der Waals surface area (Å²) in [4.78, 5) is 9.96. The second-order valence-electron chi connectivity index (χ2n) is 9.25. The maximum Gasteiger partial charge on any atom is 0.193 e. The molecule has 2 heterocycles. The van der Waals surface area contributed by atoms with E-state index in [2.05, 4.69) is 20.1 Å². The van der Waals surface area contributed by atoms with E-state index in [1.807, 2.05) is 7.05 Å². The largest absolute Gasteiger partial charge is 0.356 e. The van der Waals surface area contributed by atoms with Gasteiger partial charge in [0.1, 0.15) is 0 Å². The van der Waals surface area contributed by atoms with Crippen LogP contribution < -0.4 is 5.32 Å². The zero-order valence-electron chi connectivity index (χ0n) is 16.7. The van der Waals surface area contributed by atoms with Crippen molar-refractivity contribution in [1.29, 1.82) is 0 Å². The fraction of sp³-hybridized carbons (Fsp3) is 0.952. The number of piperidine rings is 1. The molecule has 2 aliphatic carbocycles. The summed E-state index contributed by atoms with van der Waals surface area (Å²) < 4.78 is 0. The molecule has 2 aliphatic heterocycles. The van der Waals surface area contributed by atoms with Crippen molar-refractivity contribution in [2.24, 2.45) is 16.3 Å². The number of likely N-dealkylation sites (tertiary alicyclic amines) is 2. The Morgan fingerprint density at radius 1 is 1.00 bits per heavy atom. The fourth-order valence-corrected chi connectivity index (χ4v) is 5.64. The molecule has 0 aromatic carbocycles. The third-order valence-corrected chi connectivity index (χ3v) is 7.27. The van der Waals surface area contributed by atoms with Gasteiger partial charge in [0.25, 0.3) is 0 Å². The third-order valence-electron chi connectivity index (χ3n) is 7.27. The van der Waals surface area contributed by atoms with Crippen LogP contribution in [0, 0.1) is 11.3 Å². The van der Waals surface area contributed by atoms with E-state index in [0.29, 0.717) is 5.41 Å². The first-order valence-corrected chi connectivity index (χ1v) is 11.0. The van der Waals surface area contributed by atoms with Gasteiger partial charge < -0.3 is 15.1 Å². The summed E-state index contributed by atoms with van der Waals surface area (Å²) in [6, 6.07) is 0.932. The zero-order chi connectivity index (χ0) is 17.1. The van der Waals surface area contributed by atoms with Crippen molar-refractivity contribution in [3.63, 3.8) is 0 Å². The first-order chi connectivity index (χ1) is 12.3. The van der Waals surface area contributed by atoms with Crippen LogP contribution >= 0.6 is 24.0 Å². The predicted octanol–water partition coefficient (Wildman–Crippen LogP) is 4.10. The van der Waals surface area contributed by atoms with E-state index in [0.717, 1.165) is 18.5 Å². The van der Waals surface area contributed by atoms with E-state index < -0.39 is 0 Å². The van der Waals surface area contributed by atoms with Crippen LogP contribution in [0.15, 0.2) is 4.99 Å². The highest BCUT2D eigenvalue weighted by molar-refractivity contribution is 14.0. The monoisotopic (exact) mass is 474 g/mol. The van der Waals surface area contributed by atoms with Crippen molar-refractivity contribution >= 4 is 29.9 Å². The molecule has 1 spiro atoms. The van der Waals surface area contributed by atoms with Crippen molar-refractivity contribution in [2.45, 2.75) is 76.7 Å². The summed E-state index contributed by atoms with van der Waals surface area (Å²) in [6.07, 6.45) is 15.7. The second kappa shape index (κ2) is 9.44. The molecule has 0 amide bonds. The van der Waals surface area contributed by atoms with Gasteiger partial charge >= 0.3 is 0 Å². The Hall–Kier alpha value is -0.0400. The molecule has 1 N–H and O–H groups in total. The molecule has 4 rings (SSSR count). The topological polar surface area (TPSA) is 30.9 Å². The quantitative estimate of drug-likeness (QED) is 0.380. The van der Waals surface area contributed by atoms with Gasteiger partial charge in [-0.3, -0.25) is 4.99 Å². The van der Waals surface area contributed by atoms with E-state index in [4.69, 9.17) is 0 Å². The predicted molar refractivity (Wildman–Crippen MR) is 120 cm³/mol. The van der Waals surface area contributed by atoms with Crippen LogP contribution in [-0.2, 0) is 0 Å². The third kappa shape index (κ3) is 5.06. The number of halogens is 1. The van der Waals surface area contributed by atoms with E-state index in [1.165, 1.54) is 103 Å². The molecule has 0 bridgehead atoms. The Labute approximate surface area is 177 Å². The molecule has 5 heteroatoms. The Bertz CT molecular complexity index is 469. The molecule has 4 fully saturated rings. The molecule has 0 aromatic heterocycles. The Morgan fingerprint density at radius 2 is 1.73 bits per heavy atom. The second-order valence-corrected chi connectivity index (χ2v) is 9.25. The van der Waals surface area contributed by atoms with E-state index in [1.54, 1.807) is 0 Å². The number of nitrogens with zero attached hydrogens (tertiary/aromatic N) is 3. The van der Waals surface area contributed by atoms with Crippen molar-refractivity contribution in [1.82, 2.24) is 15.1 Å². The number of aliphatic imine (C=N–C) groups is 1. The molecule has 0 aromatic rings. The first-order valence-electron chi connectivity index (χ1n) is 11.0. The molecule has 26 heavy (non-hydrogen) atoms. The summed E-state index contributed by atoms with van der Waals surface area (Å²) in [5, 5.41) is 3.75. The molecule has 4 nitrogen and oxygen atoms in total. The highest BCUT2D eigenvalue weighted by Gasteiger charge is 2.37. The SMILES string of the molecule is CN=C(NCC1CCN(C2CC2)C1)N1CCCC2(CCCCCC2)C1.I. The summed E-state index contributed by atoms with van der Waals surface area (Å²) in [7, 11) is 1.97. The van der Waals surface area contributed by atoms with Crippen molar-refractivity contribution < 1.29 is 0 Å². The van der Waals surface area contributed by atoms with E-state index in [9.17, 15) is 0 Å². The molecular weight excluding hydrogens is 435 g/mol. The Morgan fingerprint density at radius 3 is 2.42 bits per heavy atom. The van der Waals surface area contributed by atoms with Crippen molar-refractivity contribution in [2.75, 3.05) is 39.8 Å². The van der Waals surface area contributed by atoms with E-state index in [-0.39, 0.29) is 24.0 Å². The van der Waals surface area contributed by atoms with Crippen molar-refractivity contribution in [3.8, 4) is 0 Å². The van der Waals surface area contributed by atoms with Crippen molar-refractivity contribution in [3.05, 3.63) is 0 Å². The minimum absolute atomic E-state index is 0. The molecule has 150 valence electrons. The summed E-state index contributed by atoms with van der Waals surface area (Å²) >= 11 is 0. The molecule has 1 unspecified atom stereocenters. The van der Waals surface area contributed by atoms with Crippen LogP contribution in [0.4, 0.5) is 0 Å². The maximum atomic E-state index is 4.66. The maximum absolute atomic E-state index is 4.66. The summed E-state index contributed by atoms with van der Waals surface area (Å²) in [5.41, 5.74) is 0.586. The lowest BCUT2D eigenvalue weighted by Gasteiger charge is -2.44. The summed E-state index contributed by atoms with van der Waals surface area (Å²) in [5.74, 6) is 1.99. The number of rotatable bonds is 3. The first kappa shape index (κ1) is 20.7. The minimum Gasteiger partial charge on any atom is -0.356 e. The zero-order valence-corrected chi connectivity index (χ0v) is 19.0. The standard InChI is InChI=1S/C21H38N4.HI/c1-22-20(23-15-18-9-14-24(16-18)19-7-8-19)25-13-6-12-21(17-25)10-4-2-3-5-11-21;/h18-19H,2-17H2,1H3,(H,22,23);1H. The lowest BCUT2D eigenvalue weighted by Crippen LogP contribution is -2.51. The molecule has 4 aliphatic rings. The highest BCUT2D eigenvalue weighted by atomic mass is 127. The lowest BCUT2D eigenvalue weighted by molar-refractivity contribution is 0.115. The fourth-order valence-electron chi connectivity index (χ4n) is 5.64. The average Bonchev–Trinajstić information content (AvgIpc) is 3.41. The average molecular weight is 474 g/mol. The molecular formula is C21H39IN4. The van der Waals surface area contributed by atoms with Gasteiger partial charge in [-0.05, 0) is 62.8 Å². The van der Waals surface area contributed by atoms with Crippen LogP contribution in [0.1, 0.15) is 70.6 Å². The van der Waals surface area contributed by atoms with Gasteiger partial charge in [0.2, 0.25) is 0 Å². The Balaban J connectivity index is 0.00000196. The molecule has 1 atom stereocenters. The molecule has 2 saturated carbocycles. The van der Waals surface area contributed by atoms with Gasteiger partial charge in [-0.15, -0.1) is 24.0 Å². The smallest absolute Gasteiger partial charge is 0.193 e. The molecule has 2 saturated heterocycles. The number of hydrogen-bond donors (Lipinski definition) is 1. The van der Waals surface area contributed by atoms with Gasteiger partial charge in [-0.25, -0.2) is 0 Å². The van der Waals surface area contributed by atoms with Gasteiger partial charge in [0.15, 0.2) is 5.96 Å². The van der Waals surface area contributed by atoms with Gasteiger partial charge in [0.05, 0.1) is 0 Å². The van der Waals surface area contributed by atoms with Crippen LogP contribution in [0.25, 0.3) is 0 Å². The highest BCUT2D eigenvalue weighted by Crippen LogP contribution is 2.42. The van der Waals surface area contributed by atoms with Gasteiger partial charge in [0, 0.05) is 39.3 Å². The lowest BCUT2D eigenvalue weighted by atomic mass is 9.74. The minimum atomic E-state index is 0. The van der Waals surface area contributed by atoms with Gasteiger partial charge in [-0.1, -0.05) is 25.7 Å². The number of nitrogens with one attached hydrogen (secondary N) is 1. The molecule has 0 radical (unpaired) electrons. The number of hydrogen-bond acceptors (Lipinski definition) is 2. The van der Waals surface area contributed by atoms with Crippen LogP contribution in [0.5, 0.6) is 0 Å². The van der Waals surface area contributed by atoms with Crippen LogP contribution in [0.2, 0.25) is 0 Å². The van der Waals surface area contributed by atoms with Crippen LogP contribution in [0.3, 0.4) is 0 Å². The Kier molecular flexibility index (Phi) is 7.51.